The highest BCUT2D eigenvalue weighted by molar-refractivity contribution is 8.00. The van der Waals surface area contributed by atoms with Gasteiger partial charge >= 0.3 is 0 Å². The minimum absolute atomic E-state index is 0.0736. The normalized spacial score (nSPS) is 10.8. The number of nitrogens with zero attached hydrogens (tertiary/aromatic N) is 1. The van der Waals surface area contributed by atoms with Gasteiger partial charge in [0.15, 0.2) is 0 Å². The Labute approximate surface area is 230 Å². The minimum atomic E-state index is -0.485. The first-order valence-corrected chi connectivity index (χ1v) is 12.9. The van der Waals surface area contributed by atoms with Crippen molar-refractivity contribution >= 4 is 46.9 Å². The Kier molecular flexibility index (Phi) is 9.47. The van der Waals surface area contributed by atoms with E-state index in [9.17, 15) is 14.4 Å². The highest BCUT2D eigenvalue weighted by Crippen LogP contribution is 2.22. The molecule has 0 aliphatic carbocycles. The van der Waals surface area contributed by atoms with Crippen LogP contribution in [0.15, 0.2) is 114 Å². The number of rotatable bonds is 10. The van der Waals surface area contributed by atoms with Crippen LogP contribution >= 0.6 is 11.8 Å². The molecule has 0 unspecified atom stereocenters. The van der Waals surface area contributed by atoms with Gasteiger partial charge in [-0.1, -0.05) is 30.3 Å². The summed E-state index contributed by atoms with van der Waals surface area (Å²) in [5, 5.41) is 8.35. The number of methoxy groups -OCH3 is 1. The van der Waals surface area contributed by atoms with Gasteiger partial charge in [0.1, 0.15) is 11.4 Å². The fraction of sp³-hybridized carbons (Fsp3) is 0.0667. The summed E-state index contributed by atoms with van der Waals surface area (Å²) in [6.07, 6.45) is 4.79. The number of pyridine rings is 1. The Morgan fingerprint density at radius 3 is 2.38 bits per heavy atom. The van der Waals surface area contributed by atoms with Crippen LogP contribution in [0.25, 0.3) is 6.08 Å². The molecule has 4 aromatic rings. The van der Waals surface area contributed by atoms with E-state index in [0.717, 1.165) is 4.90 Å². The molecule has 196 valence electrons. The smallest absolute Gasteiger partial charge is 0.272 e. The van der Waals surface area contributed by atoms with Crippen LogP contribution in [0.4, 0.5) is 11.4 Å². The number of carbonyl (C=O) groups excluding carboxylic acids is 3. The van der Waals surface area contributed by atoms with Crippen molar-refractivity contribution in [2.24, 2.45) is 0 Å². The van der Waals surface area contributed by atoms with Crippen molar-refractivity contribution in [2.45, 2.75) is 4.90 Å². The molecular weight excluding hydrogens is 512 g/mol. The maximum Gasteiger partial charge on any atom is 0.272 e. The van der Waals surface area contributed by atoms with Crippen molar-refractivity contribution in [3.05, 3.63) is 120 Å². The fourth-order valence-electron chi connectivity index (χ4n) is 3.45. The monoisotopic (exact) mass is 538 g/mol. The average molecular weight is 539 g/mol. The summed E-state index contributed by atoms with van der Waals surface area (Å²) in [6.45, 7) is 0. The zero-order valence-electron chi connectivity index (χ0n) is 21.1. The number of hydrogen-bond acceptors (Lipinski definition) is 6. The third-order valence-corrected chi connectivity index (χ3v) is 6.37. The van der Waals surface area contributed by atoms with Gasteiger partial charge in [0.2, 0.25) is 5.91 Å². The van der Waals surface area contributed by atoms with Gasteiger partial charge in [0.05, 0.1) is 12.9 Å². The first-order valence-electron chi connectivity index (χ1n) is 12.0. The number of nitrogens with one attached hydrogen (secondary N) is 3. The summed E-state index contributed by atoms with van der Waals surface area (Å²) >= 11 is 1.37. The highest BCUT2D eigenvalue weighted by atomic mass is 32.2. The molecule has 0 fully saturated rings. The van der Waals surface area contributed by atoms with E-state index >= 15 is 0 Å². The molecule has 3 amide bonds. The molecule has 4 rings (SSSR count). The van der Waals surface area contributed by atoms with Crippen molar-refractivity contribution in [1.29, 1.82) is 0 Å². The second-order valence-corrected chi connectivity index (χ2v) is 9.26. The van der Waals surface area contributed by atoms with E-state index < -0.39 is 11.8 Å². The number of benzene rings is 3. The highest BCUT2D eigenvalue weighted by Gasteiger charge is 2.15. The number of carbonyl (C=O) groups is 3. The second-order valence-electron chi connectivity index (χ2n) is 8.21. The van der Waals surface area contributed by atoms with Gasteiger partial charge in [-0.25, -0.2) is 0 Å². The number of aromatic nitrogens is 1. The van der Waals surface area contributed by atoms with Gasteiger partial charge in [0, 0.05) is 40.3 Å². The lowest BCUT2D eigenvalue weighted by Gasteiger charge is -2.12. The van der Waals surface area contributed by atoms with Gasteiger partial charge in [-0.05, 0) is 66.2 Å². The van der Waals surface area contributed by atoms with E-state index in [0.29, 0.717) is 28.3 Å². The molecule has 0 aliphatic rings. The predicted molar refractivity (Wildman–Crippen MR) is 154 cm³/mol. The fourth-order valence-corrected chi connectivity index (χ4v) is 4.15. The molecule has 3 N–H and O–H groups in total. The molecule has 0 saturated heterocycles. The number of thioether (sulfide) groups is 1. The topological polar surface area (TPSA) is 109 Å². The summed E-state index contributed by atoms with van der Waals surface area (Å²) in [7, 11) is 1.57. The summed E-state index contributed by atoms with van der Waals surface area (Å²) in [5.74, 6) is -0.158. The van der Waals surface area contributed by atoms with Crippen LogP contribution in [0.2, 0.25) is 0 Å². The quantitative estimate of drug-likeness (QED) is 0.188. The van der Waals surface area contributed by atoms with Crippen molar-refractivity contribution in [2.75, 3.05) is 23.5 Å². The largest absolute Gasteiger partial charge is 0.497 e. The van der Waals surface area contributed by atoms with Crippen molar-refractivity contribution in [3.8, 4) is 5.75 Å². The zero-order chi connectivity index (χ0) is 27.5. The maximum atomic E-state index is 13.1. The molecule has 8 nitrogen and oxygen atoms in total. The molecular formula is C30H26N4O4S. The van der Waals surface area contributed by atoms with E-state index in [2.05, 4.69) is 20.9 Å². The minimum Gasteiger partial charge on any atom is -0.497 e. The van der Waals surface area contributed by atoms with Gasteiger partial charge in [0.25, 0.3) is 11.8 Å². The Morgan fingerprint density at radius 1 is 0.872 bits per heavy atom. The molecule has 0 bridgehead atoms. The molecule has 0 aliphatic heterocycles. The summed E-state index contributed by atoms with van der Waals surface area (Å²) in [6, 6.07) is 26.4. The molecule has 39 heavy (non-hydrogen) atoms. The Morgan fingerprint density at radius 2 is 1.67 bits per heavy atom. The molecule has 9 heteroatoms. The molecule has 0 radical (unpaired) electrons. The van der Waals surface area contributed by atoms with E-state index in [-0.39, 0.29) is 17.4 Å². The van der Waals surface area contributed by atoms with Crippen LogP contribution in [-0.2, 0) is 9.59 Å². The van der Waals surface area contributed by atoms with Crippen LogP contribution in [0, 0.1) is 0 Å². The van der Waals surface area contributed by atoms with Gasteiger partial charge < -0.3 is 20.7 Å². The zero-order valence-corrected chi connectivity index (χ0v) is 21.9. The van der Waals surface area contributed by atoms with Crippen molar-refractivity contribution < 1.29 is 19.1 Å². The number of anilines is 2. The summed E-state index contributed by atoms with van der Waals surface area (Å²) in [5.41, 5.74) is 2.36. The number of hydrogen-bond donors (Lipinski definition) is 3. The van der Waals surface area contributed by atoms with Gasteiger partial charge in [-0.2, -0.15) is 0 Å². The summed E-state index contributed by atoms with van der Waals surface area (Å²) < 4.78 is 5.17. The van der Waals surface area contributed by atoms with Crippen molar-refractivity contribution in [3.63, 3.8) is 0 Å². The first kappa shape index (κ1) is 27.2. The van der Waals surface area contributed by atoms with Crippen LogP contribution in [-0.4, -0.2) is 35.6 Å². The van der Waals surface area contributed by atoms with Gasteiger partial charge in [-0.15, -0.1) is 11.8 Å². The number of amides is 3. The lowest BCUT2D eigenvalue weighted by molar-refractivity contribution is -0.114. The van der Waals surface area contributed by atoms with E-state index in [4.69, 9.17) is 4.74 Å². The third kappa shape index (κ3) is 8.31. The number of ether oxygens (including phenoxy) is 1. The lowest BCUT2D eigenvalue weighted by Crippen LogP contribution is -2.30. The predicted octanol–water partition coefficient (Wildman–Crippen LogP) is 5.23. The third-order valence-electron chi connectivity index (χ3n) is 5.36. The Balaban J connectivity index is 1.37. The standard InChI is InChI=1S/C30H26N4O4S/c1-38-25-11-5-10-24(18-25)32-28(35)20-39-26-14-12-23(13-15-26)33-30(37)27(17-21-7-6-16-31-19-21)34-29(36)22-8-3-2-4-9-22/h2-19H,20H2,1H3,(H,32,35)(H,33,37)(H,34,36)/b27-17-. The molecule has 1 aromatic heterocycles. The first-order chi connectivity index (χ1) is 19.0. The van der Waals surface area contributed by atoms with E-state index in [1.54, 1.807) is 98.4 Å². The van der Waals surface area contributed by atoms with Crippen LogP contribution in [0.5, 0.6) is 5.75 Å². The average Bonchev–Trinajstić information content (AvgIpc) is 2.97. The lowest BCUT2D eigenvalue weighted by atomic mass is 10.2. The molecule has 0 saturated carbocycles. The Hall–Kier alpha value is -4.89. The van der Waals surface area contributed by atoms with E-state index in [1.165, 1.54) is 11.8 Å². The van der Waals surface area contributed by atoms with Crippen LogP contribution in [0.1, 0.15) is 15.9 Å². The molecule has 1 heterocycles. The molecule has 3 aromatic carbocycles. The summed E-state index contributed by atoms with van der Waals surface area (Å²) in [4.78, 5) is 43.1. The van der Waals surface area contributed by atoms with Crippen molar-refractivity contribution in [1.82, 2.24) is 10.3 Å². The SMILES string of the molecule is COc1cccc(NC(=O)CSc2ccc(NC(=O)/C(=C/c3cccnc3)NC(=O)c3ccccc3)cc2)c1. The molecule has 0 atom stereocenters. The van der Waals surface area contributed by atoms with E-state index in [1.807, 2.05) is 18.2 Å². The Bertz CT molecular complexity index is 1460. The second kappa shape index (κ2) is 13.6. The van der Waals surface area contributed by atoms with Crippen LogP contribution in [0.3, 0.4) is 0 Å². The molecule has 0 spiro atoms. The van der Waals surface area contributed by atoms with Gasteiger partial charge in [-0.3, -0.25) is 19.4 Å². The van der Waals surface area contributed by atoms with Crippen LogP contribution < -0.4 is 20.7 Å². The maximum absolute atomic E-state index is 13.1.